The number of hydrogen-bond acceptors (Lipinski definition) is 6. The van der Waals surface area contributed by atoms with Crippen molar-refractivity contribution in [2.24, 2.45) is 0 Å². The van der Waals surface area contributed by atoms with Crippen molar-refractivity contribution < 1.29 is 4.79 Å². The number of tetrazole rings is 1. The Balaban J connectivity index is 1.52. The van der Waals surface area contributed by atoms with E-state index in [4.69, 9.17) is 0 Å². The van der Waals surface area contributed by atoms with Crippen LogP contribution in [0.5, 0.6) is 0 Å². The quantitative estimate of drug-likeness (QED) is 0.553. The number of benzene rings is 1. The fraction of sp³-hybridized carbons (Fsp3) is 0.176. The van der Waals surface area contributed by atoms with Crippen LogP contribution in [0.1, 0.15) is 17.3 Å². The topological polar surface area (TPSA) is 103 Å². The van der Waals surface area contributed by atoms with Crippen LogP contribution in [0.2, 0.25) is 0 Å². The molecular formula is C17H16N8O. The predicted octanol–water partition coefficient (Wildman–Crippen LogP) is 0.816. The van der Waals surface area contributed by atoms with E-state index in [0.717, 1.165) is 16.9 Å². The van der Waals surface area contributed by atoms with Gasteiger partial charge in [-0.15, -0.1) is 5.10 Å². The Morgan fingerprint density at radius 2 is 2.00 bits per heavy atom. The summed E-state index contributed by atoms with van der Waals surface area (Å²) in [6.45, 7) is 0.326. The zero-order valence-electron chi connectivity index (χ0n) is 13.8. The highest BCUT2D eigenvalue weighted by atomic mass is 16.2. The Morgan fingerprint density at radius 1 is 1.12 bits per heavy atom. The molecule has 3 aromatic heterocycles. The molecule has 1 N–H and O–H groups in total. The minimum atomic E-state index is -0.539. The van der Waals surface area contributed by atoms with Crippen LogP contribution in [0.3, 0.4) is 0 Å². The molecule has 0 bridgehead atoms. The maximum Gasteiger partial charge on any atom is 0.245 e. The number of fused-ring (bicyclic) bond motifs is 1. The lowest BCUT2D eigenvalue weighted by atomic mass is 10.1. The molecule has 0 fully saturated rings. The lowest BCUT2D eigenvalue weighted by molar-refractivity contribution is -0.124. The van der Waals surface area contributed by atoms with Crippen LogP contribution in [-0.4, -0.2) is 40.7 Å². The van der Waals surface area contributed by atoms with Crippen LogP contribution in [0, 0.1) is 0 Å². The van der Waals surface area contributed by atoms with E-state index in [2.05, 4.69) is 30.9 Å². The van der Waals surface area contributed by atoms with Gasteiger partial charge in [-0.05, 0) is 28.1 Å². The minimum Gasteiger partial charge on any atom is -0.349 e. The summed E-state index contributed by atoms with van der Waals surface area (Å²) < 4.78 is 3.17. The van der Waals surface area contributed by atoms with E-state index in [1.807, 2.05) is 48.5 Å². The predicted molar refractivity (Wildman–Crippen MR) is 91.8 cm³/mol. The van der Waals surface area contributed by atoms with Crippen molar-refractivity contribution in [1.29, 1.82) is 0 Å². The third kappa shape index (κ3) is 3.27. The van der Waals surface area contributed by atoms with Gasteiger partial charge in [-0.25, -0.2) is 14.2 Å². The van der Waals surface area contributed by atoms with Crippen molar-refractivity contribution in [1.82, 2.24) is 40.1 Å². The molecular weight excluding hydrogens is 332 g/mol. The Kier molecular flexibility index (Phi) is 4.33. The van der Waals surface area contributed by atoms with Crippen LogP contribution in [0.4, 0.5) is 0 Å². The number of aromatic nitrogens is 7. The van der Waals surface area contributed by atoms with Crippen molar-refractivity contribution in [3.05, 3.63) is 72.4 Å². The normalized spacial score (nSPS) is 12.2. The van der Waals surface area contributed by atoms with E-state index in [0.29, 0.717) is 13.0 Å². The number of carbonyl (C=O) groups is 1. The molecule has 0 aliphatic rings. The molecule has 1 aromatic carbocycles. The summed E-state index contributed by atoms with van der Waals surface area (Å²) in [6, 6.07) is 14.9. The average molecular weight is 348 g/mol. The maximum absolute atomic E-state index is 12.8. The zero-order valence-corrected chi connectivity index (χ0v) is 13.8. The van der Waals surface area contributed by atoms with Gasteiger partial charge in [-0.2, -0.15) is 5.10 Å². The number of nitrogens with one attached hydrogen (secondary N) is 1. The molecule has 1 amide bonds. The minimum absolute atomic E-state index is 0.168. The molecule has 9 heteroatoms. The fourth-order valence-electron chi connectivity index (χ4n) is 2.79. The summed E-state index contributed by atoms with van der Waals surface area (Å²) >= 11 is 0. The molecule has 26 heavy (non-hydrogen) atoms. The first-order chi connectivity index (χ1) is 12.8. The van der Waals surface area contributed by atoms with E-state index in [-0.39, 0.29) is 5.91 Å². The van der Waals surface area contributed by atoms with Crippen LogP contribution in [0.15, 0.2) is 61.2 Å². The second kappa shape index (κ2) is 7.09. The number of carbonyl (C=O) groups excluding carboxylic acids is 1. The first-order valence-corrected chi connectivity index (χ1v) is 8.13. The van der Waals surface area contributed by atoms with E-state index < -0.39 is 6.04 Å². The van der Waals surface area contributed by atoms with Crippen molar-refractivity contribution in [2.45, 2.75) is 19.0 Å². The Bertz CT molecular complexity index is 996. The van der Waals surface area contributed by atoms with Crippen LogP contribution in [0.25, 0.3) is 5.65 Å². The molecule has 9 nitrogen and oxygen atoms in total. The highest BCUT2D eigenvalue weighted by Crippen LogP contribution is 2.13. The Hall–Kier alpha value is -3.62. The summed E-state index contributed by atoms with van der Waals surface area (Å²) in [4.78, 5) is 17.0. The smallest absolute Gasteiger partial charge is 0.245 e. The van der Waals surface area contributed by atoms with Crippen LogP contribution < -0.4 is 5.32 Å². The van der Waals surface area contributed by atoms with Gasteiger partial charge in [0.2, 0.25) is 5.91 Å². The second-order valence-corrected chi connectivity index (χ2v) is 5.76. The van der Waals surface area contributed by atoms with Gasteiger partial charge in [0.1, 0.15) is 18.7 Å². The number of amides is 1. The average Bonchev–Trinajstić information content (AvgIpc) is 3.36. The maximum atomic E-state index is 12.8. The van der Waals surface area contributed by atoms with Crippen molar-refractivity contribution in [3.8, 4) is 0 Å². The van der Waals surface area contributed by atoms with E-state index >= 15 is 0 Å². The summed E-state index contributed by atoms with van der Waals surface area (Å²) in [7, 11) is 0. The number of hydrogen-bond donors (Lipinski definition) is 1. The lowest BCUT2D eigenvalue weighted by Gasteiger charge is -2.16. The molecule has 130 valence electrons. The van der Waals surface area contributed by atoms with E-state index in [1.54, 1.807) is 4.52 Å². The van der Waals surface area contributed by atoms with Gasteiger partial charge in [0.15, 0.2) is 5.65 Å². The summed E-state index contributed by atoms with van der Waals surface area (Å²) in [5.41, 5.74) is 2.60. The third-order valence-electron chi connectivity index (χ3n) is 4.08. The number of nitrogens with zero attached hydrogens (tertiary/aromatic N) is 7. The summed E-state index contributed by atoms with van der Waals surface area (Å²) in [6.07, 6.45) is 3.43. The van der Waals surface area contributed by atoms with Gasteiger partial charge < -0.3 is 5.32 Å². The highest BCUT2D eigenvalue weighted by molar-refractivity contribution is 5.80. The zero-order chi connectivity index (χ0) is 17.8. The molecule has 0 saturated carbocycles. The highest BCUT2D eigenvalue weighted by Gasteiger charge is 2.22. The van der Waals surface area contributed by atoms with Gasteiger partial charge >= 0.3 is 0 Å². The largest absolute Gasteiger partial charge is 0.349 e. The Morgan fingerprint density at radius 3 is 2.81 bits per heavy atom. The van der Waals surface area contributed by atoms with Crippen LogP contribution >= 0.6 is 0 Å². The molecule has 1 atom stereocenters. The van der Waals surface area contributed by atoms with Crippen molar-refractivity contribution in [3.63, 3.8) is 0 Å². The molecule has 4 aromatic rings. The standard InChI is InChI=1S/C17H16N8O/c26-17(18-10-14-7-4-8-16-19-11-21-25(14)16)15(24-12-20-22-23-24)9-13-5-2-1-3-6-13/h1-8,11-12,15H,9-10H2,(H,18,26). The van der Waals surface area contributed by atoms with Crippen LogP contribution in [-0.2, 0) is 17.8 Å². The molecule has 3 heterocycles. The van der Waals surface area contributed by atoms with E-state index in [1.165, 1.54) is 17.3 Å². The van der Waals surface area contributed by atoms with Crippen molar-refractivity contribution >= 4 is 11.6 Å². The van der Waals surface area contributed by atoms with Gasteiger partial charge in [0.05, 0.1) is 12.2 Å². The molecule has 4 rings (SSSR count). The SMILES string of the molecule is O=C(NCc1cccc2ncnn12)C(Cc1ccccc1)n1cnnn1. The summed E-state index contributed by atoms with van der Waals surface area (Å²) in [5.74, 6) is -0.168. The molecule has 0 aliphatic heterocycles. The molecule has 0 aliphatic carbocycles. The summed E-state index contributed by atoms with van der Waals surface area (Å²) in [5, 5.41) is 18.3. The second-order valence-electron chi connectivity index (χ2n) is 5.76. The van der Waals surface area contributed by atoms with Gasteiger partial charge in [-0.1, -0.05) is 36.4 Å². The lowest BCUT2D eigenvalue weighted by Crippen LogP contribution is -2.34. The molecule has 0 spiro atoms. The molecule has 1 unspecified atom stereocenters. The molecule has 0 radical (unpaired) electrons. The van der Waals surface area contributed by atoms with Crippen molar-refractivity contribution in [2.75, 3.05) is 0 Å². The monoisotopic (exact) mass is 348 g/mol. The molecule has 0 saturated heterocycles. The first-order valence-electron chi connectivity index (χ1n) is 8.13. The first kappa shape index (κ1) is 15.9. The third-order valence-corrected chi connectivity index (χ3v) is 4.08. The van der Waals surface area contributed by atoms with E-state index in [9.17, 15) is 4.79 Å². The van der Waals surface area contributed by atoms with Gasteiger partial charge in [0.25, 0.3) is 0 Å². The fourth-order valence-corrected chi connectivity index (χ4v) is 2.79. The van der Waals surface area contributed by atoms with Gasteiger partial charge in [-0.3, -0.25) is 4.79 Å². The number of pyridine rings is 1. The van der Waals surface area contributed by atoms with Gasteiger partial charge in [0, 0.05) is 6.42 Å². The Labute approximate surface area is 148 Å². The number of rotatable bonds is 6.